The molecule has 5 nitrogen and oxygen atoms in total. The first-order chi connectivity index (χ1) is 15.2. The zero-order chi connectivity index (χ0) is 23.0. The Morgan fingerprint density at radius 3 is 2.44 bits per heavy atom. The minimum atomic E-state index is -4.55. The van der Waals surface area contributed by atoms with Crippen LogP contribution in [0.4, 0.5) is 18.9 Å². The van der Waals surface area contributed by atoms with E-state index in [0.717, 1.165) is 25.0 Å². The molecule has 1 N–H and O–H groups in total. The van der Waals surface area contributed by atoms with Gasteiger partial charge in [-0.25, -0.2) is 0 Å². The molecule has 1 aliphatic heterocycles. The number of benzene rings is 2. The van der Waals surface area contributed by atoms with Crippen molar-refractivity contribution in [2.45, 2.75) is 44.3 Å². The molecule has 32 heavy (non-hydrogen) atoms. The van der Waals surface area contributed by atoms with Crippen LogP contribution in [0.15, 0.2) is 59.8 Å². The maximum Gasteiger partial charge on any atom is 0.416 e. The number of nitrogens with one attached hydrogen (secondary N) is 1. The predicted octanol–water partition coefficient (Wildman–Crippen LogP) is 4.65. The smallest absolute Gasteiger partial charge is 0.350 e. The van der Waals surface area contributed by atoms with Crippen LogP contribution in [-0.4, -0.2) is 17.9 Å². The summed E-state index contributed by atoms with van der Waals surface area (Å²) < 4.78 is 39.7. The molecule has 164 valence electrons. The van der Waals surface area contributed by atoms with Gasteiger partial charge in [-0.05, 0) is 55.7 Å². The molecule has 1 atom stereocenters. The highest BCUT2D eigenvalue weighted by molar-refractivity contribution is 6.06. The van der Waals surface area contributed by atoms with Crippen molar-refractivity contribution >= 4 is 17.5 Å². The quantitative estimate of drug-likeness (QED) is 0.754. The first-order valence-corrected chi connectivity index (χ1v) is 10.2. The number of nitriles is 1. The monoisotopic (exact) mass is 439 g/mol. The van der Waals surface area contributed by atoms with Crippen molar-refractivity contribution in [2.75, 3.05) is 4.90 Å². The van der Waals surface area contributed by atoms with Gasteiger partial charge in [-0.2, -0.15) is 18.4 Å². The Labute approximate surface area is 183 Å². The Kier molecular flexibility index (Phi) is 5.51. The lowest BCUT2D eigenvalue weighted by Gasteiger charge is -2.35. The van der Waals surface area contributed by atoms with E-state index in [9.17, 15) is 22.8 Å². The van der Waals surface area contributed by atoms with E-state index in [0.29, 0.717) is 22.4 Å². The van der Waals surface area contributed by atoms with E-state index in [2.05, 4.69) is 5.32 Å². The van der Waals surface area contributed by atoms with Gasteiger partial charge in [-0.1, -0.05) is 18.2 Å². The van der Waals surface area contributed by atoms with Crippen molar-refractivity contribution in [2.24, 2.45) is 0 Å². The second-order valence-corrected chi connectivity index (χ2v) is 8.01. The normalized spacial score (nSPS) is 19.0. The Hall–Kier alpha value is -3.60. The van der Waals surface area contributed by atoms with Gasteiger partial charge in [0.05, 0.1) is 17.2 Å². The molecule has 2 amide bonds. The maximum atomic E-state index is 13.2. The van der Waals surface area contributed by atoms with Gasteiger partial charge in [0, 0.05) is 35.3 Å². The van der Waals surface area contributed by atoms with Crippen LogP contribution in [0.2, 0.25) is 0 Å². The van der Waals surface area contributed by atoms with Gasteiger partial charge >= 0.3 is 6.18 Å². The zero-order valence-electron chi connectivity index (χ0n) is 17.2. The molecule has 0 aromatic heterocycles. The third kappa shape index (κ3) is 4.24. The largest absolute Gasteiger partial charge is 0.416 e. The first-order valence-electron chi connectivity index (χ1n) is 10.2. The molecule has 1 fully saturated rings. The lowest BCUT2D eigenvalue weighted by Crippen LogP contribution is -2.41. The maximum absolute atomic E-state index is 13.2. The Balaban J connectivity index is 1.80. The molecule has 1 aliphatic carbocycles. The van der Waals surface area contributed by atoms with E-state index in [1.54, 1.807) is 31.2 Å². The number of alkyl halides is 3. The third-order valence-corrected chi connectivity index (χ3v) is 5.73. The van der Waals surface area contributed by atoms with Crippen LogP contribution in [0.3, 0.4) is 0 Å². The average molecular weight is 439 g/mol. The Morgan fingerprint density at radius 1 is 1.16 bits per heavy atom. The molecule has 2 aliphatic rings. The van der Waals surface area contributed by atoms with Crippen LogP contribution in [-0.2, 0) is 15.8 Å². The standard InChI is InChI=1S/C24H20F3N3O2/c1-14-22(23(32)29-18-9-10-18)20(16-7-5-15(13-28)6-8-16)12-21(31)30(14)19-4-2-3-17(11-19)24(25,26)27/h2-8,11,18,20H,9-10,12H2,1H3,(H,29,32). The van der Waals surface area contributed by atoms with E-state index >= 15 is 0 Å². The minimum absolute atomic E-state index is 0.0670. The number of anilines is 1. The highest BCUT2D eigenvalue weighted by Gasteiger charge is 2.39. The van der Waals surface area contributed by atoms with Gasteiger partial charge in [-0.15, -0.1) is 0 Å². The fourth-order valence-electron chi connectivity index (χ4n) is 3.97. The first kappa shape index (κ1) is 21.6. The number of halogens is 3. The summed E-state index contributed by atoms with van der Waals surface area (Å²) in [7, 11) is 0. The number of amides is 2. The van der Waals surface area contributed by atoms with Crippen molar-refractivity contribution in [1.82, 2.24) is 5.32 Å². The molecular formula is C24H20F3N3O2. The number of nitrogens with zero attached hydrogens (tertiary/aromatic N) is 2. The van der Waals surface area contributed by atoms with Gasteiger partial charge in [0.1, 0.15) is 0 Å². The van der Waals surface area contributed by atoms with Crippen molar-refractivity contribution in [3.8, 4) is 6.07 Å². The number of carbonyl (C=O) groups is 2. The van der Waals surface area contributed by atoms with Gasteiger partial charge in [0.25, 0.3) is 0 Å². The molecule has 0 saturated heterocycles. The van der Waals surface area contributed by atoms with E-state index in [4.69, 9.17) is 5.26 Å². The molecule has 8 heteroatoms. The van der Waals surface area contributed by atoms with Gasteiger partial charge in [-0.3, -0.25) is 14.5 Å². The number of hydrogen-bond acceptors (Lipinski definition) is 3. The summed E-state index contributed by atoms with van der Waals surface area (Å²) in [6.45, 7) is 1.58. The number of hydrogen-bond donors (Lipinski definition) is 1. The van der Waals surface area contributed by atoms with Gasteiger partial charge in [0.2, 0.25) is 11.8 Å². The summed E-state index contributed by atoms with van der Waals surface area (Å²) in [5.41, 5.74) is 0.991. The molecule has 0 bridgehead atoms. The van der Waals surface area contributed by atoms with E-state index in [-0.39, 0.29) is 24.1 Å². The molecule has 1 saturated carbocycles. The van der Waals surface area contributed by atoms with Crippen LogP contribution in [0.5, 0.6) is 0 Å². The van der Waals surface area contributed by atoms with E-state index in [1.807, 2.05) is 6.07 Å². The summed E-state index contributed by atoms with van der Waals surface area (Å²) in [5.74, 6) is -1.29. The van der Waals surface area contributed by atoms with E-state index < -0.39 is 23.6 Å². The highest BCUT2D eigenvalue weighted by atomic mass is 19.4. The van der Waals surface area contributed by atoms with Crippen LogP contribution < -0.4 is 10.2 Å². The van der Waals surface area contributed by atoms with Crippen LogP contribution in [0.25, 0.3) is 0 Å². The predicted molar refractivity (Wildman–Crippen MR) is 111 cm³/mol. The summed E-state index contributed by atoms with van der Waals surface area (Å²) in [6.07, 6.45) is -2.89. The fraction of sp³-hybridized carbons (Fsp3) is 0.292. The number of carbonyl (C=O) groups excluding carboxylic acids is 2. The third-order valence-electron chi connectivity index (χ3n) is 5.73. The van der Waals surface area contributed by atoms with Crippen molar-refractivity contribution < 1.29 is 22.8 Å². The second kappa shape index (κ2) is 8.15. The molecular weight excluding hydrogens is 419 g/mol. The molecule has 1 heterocycles. The van der Waals surface area contributed by atoms with Crippen LogP contribution >= 0.6 is 0 Å². The van der Waals surface area contributed by atoms with E-state index in [1.165, 1.54) is 17.0 Å². The summed E-state index contributed by atoms with van der Waals surface area (Å²) in [5, 5.41) is 12.0. The van der Waals surface area contributed by atoms with Crippen molar-refractivity contribution in [3.63, 3.8) is 0 Å². The zero-order valence-corrected chi connectivity index (χ0v) is 17.2. The molecule has 0 radical (unpaired) electrons. The summed E-state index contributed by atoms with van der Waals surface area (Å²) >= 11 is 0. The fourth-order valence-corrected chi connectivity index (χ4v) is 3.97. The number of rotatable bonds is 4. The minimum Gasteiger partial charge on any atom is -0.350 e. The average Bonchev–Trinajstić information content (AvgIpc) is 3.57. The Bertz CT molecular complexity index is 1140. The lowest BCUT2D eigenvalue weighted by atomic mass is 9.82. The topological polar surface area (TPSA) is 73.2 Å². The van der Waals surface area contributed by atoms with Crippen molar-refractivity contribution in [3.05, 3.63) is 76.5 Å². The molecule has 4 rings (SSSR count). The van der Waals surface area contributed by atoms with Crippen molar-refractivity contribution in [1.29, 1.82) is 5.26 Å². The number of allylic oxidation sites excluding steroid dienone is 1. The second-order valence-electron chi connectivity index (χ2n) is 8.01. The molecule has 2 aromatic carbocycles. The van der Waals surface area contributed by atoms with Crippen LogP contribution in [0.1, 0.15) is 48.8 Å². The SMILES string of the molecule is CC1=C(C(=O)NC2CC2)C(c2ccc(C#N)cc2)CC(=O)N1c1cccc(C(F)(F)F)c1. The Morgan fingerprint density at radius 2 is 1.84 bits per heavy atom. The van der Waals surface area contributed by atoms with Gasteiger partial charge < -0.3 is 5.32 Å². The molecule has 0 spiro atoms. The van der Waals surface area contributed by atoms with Gasteiger partial charge in [0.15, 0.2) is 0 Å². The molecule has 2 aromatic rings. The summed E-state index contributed by atoms with van der Waals surface area (Å²) in [4.78, 5) is 27.4. The highest BCUT2D eigenvalue weighted by Crippen LogP contribution is 2.40. The summed E-state index contributed by atoms with van der Waals surface area (Å²) in [6, 6.07) is 13.3. The lowest BCUT2D eigenvalue weighted by molar-refractivity contribution is -0.137. The van der Waals surface area contributed by atoms with Crippen LogP contribution in [0, 0.1) is 11.3 Å². The molecule has 1 unspecified atom stereocenters.